The van der Waals surface area contributed by atoms with Crippen LogP contribution in [0.1, 0.15) is 11.3 Å². The highest BCUT2D eigenvalue weighted by atomic mass is 35.5. The lowest BCUT2D eigenvalue weighted by Gasteiger charge is -2.09. The van der Waals surface area contributed by atoms with Gasteiger partial charge in [0.2, 0.25) is 5.91 Å². The lowest BCUT2D eigenvalue weighted by molar-refractivity contribution is -0.115. The number of carbonyl (C=O) groups is 1. The van der Waals surface area contributed by atoms with Crippen molar-refractivity contribution in [3.05, 3.63) is 89.2 Å². The van der Waals surface area contributed by atoms with Gasteiger partial charge in [0.25, 0.3) is 0 Å². The number of carbonyl (C=O) groups excluding carboxylic acids is 1. The molecule has 0 atom stereocenters. The molecule has 0 radical (unpaired) electrons. The molecule has 1 N–H and O–H groups in total. The first-order chi connectivity index (χ1) is 16.0. The molecule has 1 amide bonds. The number of benzene rings is 2. The van der Waals surface area contributed by atoms with Crippen molar-refractivity contribution in [2.45, 2.75) is 13.3 Å². The van der Waals surface area contributed by atoms with Crippen LogP contribution >= 0.6 is 11.6 Å². The van der Waals surface area contributed by atoms with Gasteiger partial charge in [-0.05, 0) is 48.9 Å². The predicted octanol–water partition coefficient (Wildman–Crippen LogP) is 4.28. The maximum atomic E-state index is 13.1. The summed E-state index contributed by atoms with van der Waals surface area (Å²) in [5.74, 6) is 0.328. The third-order valence-electron chi connectivity index (χ3n) is 4.99. The molecule has 0 saturated heterocycles. The SMILES string of the molecule is Cc1cc(NC(=O)Cc2ccc(F)cc2)n(-c2ncnc3c2cnn3-c2ccc(Cl)cc2)n1. The van der Waals surface area contributed by atoms with Gasteiger partial charge in [-0.15, -0.1) is 0 Å². The molecule has 0 aliphatic carbocycles. The van der Waals surface area contributed by atoms with Crippen molar-refractivity contribution in [2.24, 2.45) is 0 Å². The molecular formula is C23H17ClFN7O. The Kier molecular flexibility index (Phi) is 5.31. The fourth-order valence-electron chi connectivity index (χ4n) is 3.50. The molecule has 33 heavy (non-hydrogen) atoms. The summed E-state index contributed by atoms with van der Waals surface area (Å²) in [7, 11) is 0. The Morgan fingerprint density at radius 2 is 1.82 bits per heavy atom. The second-order valence-corrected chi connectivity index (χ2v) is 7.84. The Bertz CT molecular complexity index is 1460. The average molecular weight is 462 g/mol. The van der Waals surface area contributed by atoms with Gasteiger partial charge in [-0.1, -0.05) is 23.7 Å². The number of fused-ring (bicyclic) bond motifs is 1. The van der Waals surface area contributed by atoms with E-state index in [-0.39, 0.29) is 18.1 Å². The Labute approximate surface area is 192 Å². The van der Waals surface area contributed by atoms with Gasteiger partial charge in [-0.3, -0.25) is 4.79 Å². The summed E-state index contributed by atoms with van der Waals surface area (Å²) in [5, 5.41) is 13.1. The average Bonchev–Trinajstić information content (AvgIpc) is 3.39. The van der Waals surface area contributed by atoms with Crippen LogP contribution in [0.4, 0.5) is 10.2 Å². The Morgan fingerprint density at radius 1 is 1.06 bits per heavy atom. The molecule has 3 heterocycles. The first kappa shape index (κ1) is 20.8. The zero-order valence-corrected chi connectivity index (χ0v) is 18.2. The number of rotatable bonds is 5. The number of aryl methyl sites for hydroxylation is 1. The van der Waals surface area contributed by atoms with Crippen molar-refractivity contribution in [3.63, 3.8) is 0 Å². The van der Waals surface area contributed by atoms with Crippen LogP contribution in [0.25, 0.3) is 22.5 Å². The van der Waals surface area contributed by atoms with Crippen molar-refractivity contribution in [1.82, 2.24) is 29.5 Å². The maximum absolute atomic E-state index is 13.1. The van der Waals surface area contributed by atoms with Crippen molar-refractivity contribution >= 4 is 34.4 Å². The van der Waals surface area contributed by atoms with E-state index in [0.29, 0.717) is 38.9 Å². The summed E-state index contributed by atoms with van der Waals surface area (Å²) in [6.45, 7) is 1.82. The lowest BCUT2D eigenvalue weighted by Crippen LogP contribution is -2.17. The van der Waals surface area contributed by atoms with E-state index in [4.69, 9.17) is 11.6 Å². The van der Waals surface area contributed by atoms with Gasteiger partial charge in [-0.2, -0.15) is 14.9 Å². The molecule has 0 aliphatic heterocycles. The minimum Gasteiger partial charge on any atom is -0.310 e. The zero-order valence-electron chi connectivity index (χ0n) is 17.4. The first-order valence-electron chi connectivity index (χ1n) is 10.0. The van der Waals surface area contributed by atoms with Gasteiger partial charge in [0.1, 0.15) is 18.0 Å². The van der Waals surface area contributed by atoms with E-state index in [1.165, 1.54) is 18.5 Å². The van der Waals surface area contributed by atoms with E-state index in [1.807, 2.05) is 19.1 Å². The largest absolute Gasteiger partial charge is 0.310 e. The normalized spacial score (nSPS) is 11.1. The summed E-state index contributed by atoms with van der Waals surface area (Å²) in [4.78, 5) is 21.4. The number of amides is 1. The molecule has 5 aromatic rings. The zero-order chi connectivity index (χ0) is 22.9. The van der Waals surface area contributed by atoms with Crippen molar-refractivity contribution in [3.8, 4) is 11.5 Å². The molecule has 0 spiro atoms. The van der Waals surface area contributed by atoms with Crippen LogP contribution in [-0.4, -0.2) is 35.4 Å². The van der Waals surface area contributed by atoms with E-state index < -0.39 is 0 Å². The van der Waals surface area contributed by atoms with Crippen LogP contribution in [0.5, 0.6) is 0 Å². The van der Waals surface area contributed by atoms with Crippen LogP contribution in [0.2, 0.25) is 5.02 Å². The Balaban J connectivity index is 1.49. The van der Waals surface area contributed by atoms with Gasteiger partial charge < -0.3 is 5.32 Å². The first-order valence-corrected chi connectivity index (χ1v) is 10.4. The molecule has 0 aliphatic rings. The van der Waals surface area contributed by atoms with Gasteiger partial charge in [0.05, 0.1) is 29.4 Å². The van der Waals surface area contributed by atoms with E-state index in [2.05, 4.69) is 25.5 Å². The smallest absolute Gasteiger partial charge is 0.229 e. The van der Waals surface area contributed by atoms with Crippen molar-refractivity contribution in [1.29, 1.82) is 0 Å². The summed E-state index contributed by atoms with van der Waals surface area (Å²) in [5.41, 5.74) is 2.77. The fourth-order valence-corrected chi connectivity index (χ4v) is 3.62. The van der Waals surface area contributed by atoms with Crippen LogP contribution < -0.4 is 5.32 Å². The second kappa shape index (κ2) is 8.44. The topological polar surface area (TPSA) is 90.5 Å². The third-order valence-corrected chi connectivity index (χ3v) is 5.25. The number of anilines is 1. The molecule has 0 fully saturated rings. The molecule has 0 unspecified atom stereocenters. The van der Waals surface area contributed by atoms with Crippen LogP contribution in [0.3, 0.4) is 0 Å². The molecule has 10 heteroatoms. The lowest BCUT2D eigenvalue weighted by atomic mass is 10.1. The van der Waals surface area contributed by atoms with Crippen LogP contribution in [0, 0.1) is 12.7 Å². The van der Waals surface area contributed by atoms with Gasteiger partial charge in [-0.25, -0.2) is 19.0 Å². The molecule has 0 saturated carbocycles. The number of hydrogen-bond acceptors (Lipinski definition) is 5. The quantitative estimate of drug-likeness (QED) is 0.422. The van der Waals surface area contributed by atoms with Crippen molar-refractivity contribution < 1.29 is 9.18 Å². The maximum Gasteiger partial charge on any atom is 0.229 e. The second-order valence-electron chi connectivity index (χ2n) is 7.40. The van der Waals surface area contributed by atoms with Crippen molar-refractivity contribution in [2.75, 3.05) is 5.32 Å². The fraction of sp³-hybridized carbons (Fsp3) is 0.0870. The Hall–Kier alpha value is -4.11. The standard InChI is InChI=1S/C23H17ClFN7O/c1-14-10-20(29-21(33)11-15-2-6-17(25)7-3-15)32(30-14)23-19-12-28-31(22(19)26-13-27-23)18-8-4-16(24)5-9-18/h2-10,12-13H,11H2,1H3,(H,29,33). The van der Waals surface area contributed by atoms with Crippen LogP contribution in [-0.2, 0) is 11.2 Å². The van der Waals surface area contributed by atoms with E-state index >= 15 is 0 Å². The molecule has 3 aromatic heterocycles. The predicted molar refractivity (Wildman–Crippen MR) is 122 cm³/mol. The number of nitrogens with zero attached hydrogens (tertiary/aromatic N) is 6. The minimum absolute atomic E-state index is 0.0954. The van der Waals surface area contributed by atoms with E-state index in [1.54, 1.807) is 45.9 Å². The van der Waals surface area contributed by atoms with Crippen LogP contribution in [0.15, 0.2) is 67.1 Å². The summed E-state index contributed by atoms with van der Waals surface area (Å²) < 4.78 is 16.4. The van der Waals surface area contributed by atoms with Gasteiger partial charge in [0, 0.05) is 11.1 Å². The third kappa shape index (κ3) is 4.18. The molecular weight excluding hydrogens is 445 g/mol. The molecule has 8 nitrogen and oxygen atoms in total. The number of halogens is 2. The number of hydrogen-bond donors (Lipinski definition) is 1. The summed E-state index contributed by atoms with van der Waals surface area (Å²) in [6, 6.07) is 14.8. The highest BCUT2D eigenvalue weighted by molar-refractivity contribution is 6.30. The minimum atomic E-state index is -0.347. The monoisotopic (exact) mass is 461 g/mol. The van der Waals surface area contributed by atoms with Gasteiger partial charge >= 0.3 is 0 Å². The van der Waals surface area contributed by atoms with E-state index in [9.17, 15) is 9.18 Å². The van der Waals surface area contributed by atoms with E-state index in [0.717, 1.165) is 5.69 Å². The molecule has 0 bridgehead atoms. The highest BCUT2D eigenvalue weighted by Crippen LogP contribution is 2.24. The van der Waals surface area contributed by atoms with Gasteiger partial charge in [0.15, 0.2) is 11.5 Å². The number of aromatic nitrogens is 6. The molecule has 164 valence electrons. The molecule has 2 aromatic carbocycles. The number of nitrogens with one attached hydrogen (secondary N) is 1. The highest BCUT2D eigenvalue weighted by Gasteiger charge is 2.18. The summed E-state index contributed by atoms with van der Waals surface area (Å²) >= 11 is 6.00. The Morgan fingerprint density at radius 3 is 2.58 bits per heavy atom. The molecule has 5 rings (SSSR count). The summed E-state index contributed by atoms with van der Waals surface area (Å²) in [6.07, 6.45) is 3.17.